The fraction of sp³-hybridized carbons (Fsp3) is 1.00. The van der Waals surface area contributed by atoms with Gasteiger partial charge in [0, 0.05) is 0 Å². The van der Waals surface area contributed by atoms with Crippen LogP contribution in [-0.4, -0.2) is 6.10 Å². The molecule has 0 aliphatic rings. The molecule has 7 heteroatoms. The first kappa shape index (κ1) is 28.9. The van der Waals surface area contributed by atoms with Crippen molar-refractivity contribution in [1.82, 2.24) is 0 Å². The first-order valence-corrected chi connectivity index (χ1v) is 9.66. The number of rotatable bonds is 14. The second-order valence-corrected chi connectivity index (χ2v) is 6.69. The molecule has 0 unspecified atom stereocenters. The van der Waals surface area contributed by atoms with Gasteiger partial charge in [0.15, 0.2) is 0 Å². The van der Waals surface area contributed by atoms with Crippen LogP contribution in [0.4, 0.5) is 0 Å². The largest absolute Gasteiger partial charge is 1.00 e. The van der Waals surface area contributed by atoms with Crippen LogP contribution in [0, 0.1) is 0 Å². The summed E-state index contributed by atoms with van der Waals surface area (Å²) in [6.07, 6.45) is 12.2. The number of hydrogen-bond donors (Lipinski definition) is 0. The minimum Gasteiger partial charge on any atom is -0.790 e. The van der Waals surface area contributed by atoms with Crippen LogP contribution in [-0.2, 0) is 9.09 Å². The van der Waals surface area contributed by atoms with Gasteiger partial charge in [0.2, 0.25) is 0 Å². The molecule has 0 spiro atoms. The molecule has 0 radical (unpaired) electrons. The molecule has 0 fully saturated rings. The Hall–Kier alpha value is 2.11. The van der Waals surface area contributed by atoms with Gasteiger partial charge in [-0.3, -0.25) is 0 Å². The predicted molar refractivity (Wildman–Crippen MR) is 79.2 cm³/mol. The van der Waals surface area contributed by atoms with Crippen LogP contribution >= 0.6 is 7.82 Å². The summed E-state index contributed by atoms with van der Waals surface area (Å²) in [5.74, 6) is 0. The van der Waals surface area contributed by atoms with Gasteiger partial charge in [-0.05, 0) is 12.8 Å². The second kappa shape index (κ2) is 19.4. The molecule has 0 aliphatic heterocycles. The zero-order chi connectivity index (χ0) is 15.3. The Morgan fingerprint density at radius 2 is 1.14 bits per heavy atom. The normalized spacial score (nSPS) is 11.1. The summed E-state index contributed by atoms with van der Waals surface area (Å²) in [6.45, 7) is 4.32. The molecule has 0 N–H and O–H groups in total. The van der Waals surface area contributed by atoms with Gasteiger partial charge in [-0.25, -0.2) is 0 Å². The molecule has 0 bridgehead atoms. The maximum Gasteiger partial charge on any atom is 1.00 e. The van der Waals surface area contributed by atoms with Crippen molar-refractivity contribution < 1.29 is 78.0 Å². The van der Waals surface area contributed by atoms with E-state index in [0.29, 0.717) is 12.8 Å². The minimum absolute atomic E-state index is 0. The van der Waals surface area contributed by atoms with E-state index in [-0.39, 0.29) is 59.1 Å². The Kier molecular flexibility index (Phi) is 25.5. The second-order valence-electron chi connectivity index (χ2n) is 5.58. The maximum absolute atomic E-state index is 10.8. The van der Waals surface area contributed by atoms with E-state index in [0.717, 1.165) is 25.7 Å². The quantitative estimate of drug-likeness (QED) is 0.205. The number of unbranched alkanes of at least 4 members (excludes halogenated alkanes) is 8. The summed E-state index contributed by atoms with van der Waals surface area (Å²) in [4.78, 5) is 21.5. The van der Waals surface area contributed by atoms with E-state index in [1.54, 1.807) is 0 Å². The van der Waals surface area contributed by atoms with Gasteiger partial charge in [-0.1, -0.05) is 78.1 Å². The molecule has 0 aromatic carbocycles. The summed E-state index contributed by atoms with van der Waals surface area (Å²) >= 11 is 0. The Morgan fingerprint density at radius 1 is 0.773 bits per heavy atom. The fourth-order valence-corrected chi connectivity index (χ4v) is 2.96. The van der Waals surface area contributed by atoms with E-state index in [4.69, 9.17) is 4.52 Å². The van der Waals surface area contributed by atoms with Crippen molar-refractivity contribution in [2.75, 3.05) is 0 Å². The van der Waals surface area contributed by atoms with Crippen molar-refractivity contribution in [3.63, 3.8) is 0 Å². The van der Waals surface area contributed by atoms with E-state index in [2.05, 4.69) is 13.8 Å². The number of phosphoric ester groups is 1. The molecule has 0 aromatic rings. The van der Waals surface area contributed by atoms with Crippen molar-refractivity contribution in [2.24, 2.45) is 0 Å². The van der Waals surface area contributed by atoms with Gasteiger partial charge < -0.3 is 18.9 Å². The molecule has 0 aromatic heterocycles. The van der Waals surface area contributed by atoms with Crippen LogP contribution < -0.4 is 68.9 Å². The van der Waals surface area contributed by atoms with E-state index >= 15 is 0 Å². The summed E-state index contributed by atoms with van der Waals surface area (Å²) in [5, 5.41) is 0. The van der Waals surface area contributed by atoms with Crippen molar-refractivity contribution in [3.8, 4) is 0 Å². The van der Waals surface area contributed by atoms with Crippen LogP contribution in [0.1, 0.15) is 90.9 Å². The molecule has 22 heavy (non-hydrogen) atoms. The Bertz CT molecular complexity index is 248. The van der Waals surface area contributed by atoms with E-state index in [1.165, 1.54) is 38.5 Å². The minimum atomic E-state index is -4.84. The summed E-state index contributed by atoms with van der Waals surface area (Å²) in [6, 6.07) is 0. The van der Waals surface area contributed by atoms with Gasteiger partial charge in [0.05, 0.1) is 13.9 Å². The van der Waals surface area contributed by atoms with Crippen molar-refractivity contribution in [1.29, 1.82) is 0 Å². The maximum atomic E-state index is 10.8. The van der Waals surface area contributed by atoms with Gasteiger partial charge in [0.25, 0.3) is 0 Å². The van der Waals surface area contributed by atoms with Gasteiger partial charge in [-0.15, -0.1) is 0 Å². The summed E-state index contributed by atoms with van der Waals surface area (Å²) < 4.78 is 15.5. The van der Waals surface area contributed by atoms with Crippen LogP contribution in [0.3, 0.4) is 0 Å². The Labute approximate surface area is 181 Å². The van der Waals surface area contributed by atoms with Gasteiger partial charge in [-0.2, -0.15) is 0 Å². The molecular formula is C15H31Na2O4P. The Balaban J connectivity index is -0.00000180. The van der Waals surface area contributed by atoms with E-state index in [9.17, 15) is 14.4 Å². The first-order chi connectivity index (χ1) is 9.49. The van der Waals surface area contributed by atoms with Gasteiger partial charge in [0.1, 0.15) is 0 Å². The zero-order valence-corrected chi connectivity index (χ0v) is 20.0. The van der Waals surface area contributed by atoms with Crippen LogP contribution in [0.5, 0.6) is 0 Å². The fourth-order valence-electron chi connectivity index (χ4n) is 2.38. The van der Waals surface area contributed by atoms with Crippen molar-refractivity contribution >= 4 is 7.82 Å². The number of hydrogen-bond acceptors (Lipinski definition) is 4. The zero-order valence-electron chi connectivity index (χ0n) is 15.1. The van der Waals surface area contributed by atoms with E-state index in [1.807, 2.05) is 0 Å². The van der Waals surface area contributed by atoms with Crippen LogP contribution in [0.25, 0.3) is 0 Å². The summed E-state index contributed by atoms with van der Waals surface area (Å²) in [5.41, 5.74) is 0. The third-order valence-electron chi connectivity index (χ3n) is 3.54. The third-order valence-corrected chi connectivity index (χ3v) is 4.09. The van der Waals surface area contributed by atoms with Gasteiger partial charge >= 0.3 is 59.1 Å². The average Bonchev–Trinajstić information content (AvgIpc) is 2.36. The molecule has 0 rings (SSSR count). The van der Waals surface area contributed by atoms with Crippen molar-refractivity contribution in [2.45, 2.75) is 97.0 Å². The van der Waals surface area contributed by atoms with Crippen molar-refractivity contribution in [3.05, 3.63) is 0 Å². The SMILES string of the molecule is CCCCCCCC(CCCCCCC)OP(=O)([O-])[O-].[Na+].[Na+]. The molecule has 4 nitrogen and oxygen atoms in total. The molecule has 0 atom stereocenters. The Morgan fingerprint density at radius 3 is 1.45 bits per heavy atom. The summed E-state index contributed by atoms with van der Waals surface area (Å²) in [7, 11) is -4.84. The van der Waals surface area contributed by atoms with Crippen LogP contribution in [0.2, 0.25) is 0 Å². The molecule has 0 saturated carbocycles. The topological polar surface area (TPSA) is 72.4 Å². The average molecular weight is 352 g/mol. The predicted octanol–water partition coefficient (Wildman–Crippen LogP) is -2.07. The molecule has 0 saturated heterocycles. The molecule has 122 valence electrons. The standard InChI is InChI=1S/C15H33O4P.2Na/c1-3-5-7-9-11-13-15(19-20(16,17)18)14-12-10-8-6-4-2;;/h15H,3-14H2,1-2H3,(H2,16,17,18);;/q;2*+1/p-2. The molecule has 0 amide bonds. The van der Waals surface area contributed by atoms with E-state index < -0.39 is 13.9 Å². The third kappa shape index (κ3) is 22.1. The number of phosphoric acid groups is 1. The molecular weight excluding hydrogens is 321 g/mol. The molecule has 0 heterocycles. The monoisotopic (exact) mass is 352 g/mol. The first-order valence-electron chi connectivity index (χ1n) is 8.20. The smallest absolute Gasteiger partial charge is 0.790 e. The van der Waals surface area contributed by atoms with Crippen LogP contribution in [0.15, 0.2) is 0 Å². The molecule has 0 aliphatic carbocycles.